The molecule has 116 valence electrons. The van der Waals surface area contributed by atoms with Crippen LogP contribution < -0.4 is 0 Å². The minimum Gasteiger partial charge on any atom is -0.356 e. The molecule has 0 aliphatic carbocycles. The van der Waals surface area contributed by atoms with E-state index in [-0.39, 0.29) is 6.04 Å². The maximum atomic E-state index is 6.04. The summed E-state index contributed by atoms with van der Waals surface area (Å²) in [5.41, 5.74) is 1.91. The number of thioether (sulfide) groups is 1. The summed E-state index contributed by atoms with van der Waals surface area (Å²) in [6.07, 6.45) is 4.27. The Morgan fingerprint density at radius 2 is 2.32 bits per heavy atom. The van der Waals surface area contributed by atoms with Gasteiger partial charge in [-0.3, -0.25) is 4.99 Å². The third-order valence-corrected chi connectivity index (χ3v) is 4.87. The van der Waals surface area contributed by atoms with Crippen molar-refractivity contribution in [2.75, 3.05) is 19.8 Å². The Labute approximate surface area is 139 Å². The van der Waals surface area contributed by atoms with E-state index in [2.05, 4.69) is 21.3 Å². The second-order valence-electron chi connectivity index (χ2n) is 5.19. The van der Waals surface area contributed by atoms with Crippen LogP contribution in [0.2, 0.25) is 5.02 Å². The van der Waals surface area contributed by atoms with Crippen LogP contribution >= 0.6 is 23.4 Å². The summed E-state index contributed by atoms with van der Waals surface area (Å²) in [7, 11) is 1.83. The number of aliphatic imine (C=N–C) groups is 1. The number of likely N-dealkylation sites (tertiary alicyclic amines) is 1. The average Bonchev–Trinajstić information content (AvgIpc) is 3.17. The Hall–Kier alpha value is -1.46. The molecule has 2 heterocycles. The van der Waals surface area contributed by atoms with E-state index >= 15 is 0 Å². The molecular weight excluding hydrogens is 318 g/mol. The molecule has 2 aromatic rings. The zero-order valence-corrected chi connectivity index (χ0v) is 14.2. The fourth-order valence-corrected chi connectivity index (χ4v) is 3.69. The Balaban J connectivity index is 1.87. The molecule has 1 aliphatic rings. The maximum Gasteiger partial charge on any atom is 0.167 e. The molecule has 1 aliphatic heterocycles. The first-order valence-electron chi connectivity index (χ1n) is 7.23. The van der Waals surface area contributed by atoms with Crippen LogP contribution in [0.5, 0.6) is 0 Å². The van der Waals surface area contributed by atoms with Crippen molar-refractivity contribution in [1.82, 2.24) is 10.1 Å². The van der Waals surface area contributed by atoms with E-state index in [1.54, 1.807) is 11.8 Å². The largest absolute Gasteiger partial charge is 0.356 e. The molecule has 0 unspecified atom stereocenters. The lowest BCUT2D eigenvalue weighted by molar-refractivity contribution is 0.362. The molecule has 0 radical (unpaired) electrons. The SMILES string of the molecule is CN=C(SC)N1CCC[C@@H]1c1cc(-c2cccc(Cl)c2)on1. The Morgan fingerprint density at radius 1 is 1.45 bits per heavy atom. The van der Waals surface area contributed by atoms with Gasteiger partial charge in [-0.2, -0.15) is 0 Å². The van der Waals surface area contributed by atoms with Gasteiger partial charge in [0.2, 0.25) is 0 Å². The number of aromatic nitrogens is 1. The Morgan fingerprint density at radius 3 is 3.05 bits per heavy atom. The predicted octanol–water partition coefficient (Wildman–Crippen LogP) is 4.48. The fraction of sp³-hybridized carbons (Fsp3) is 0.375. The fourth-order valence-electron chi connectivity index (χ4n) is 2.86. The lowest BCUT2D eigenvalue weighted by Crippen LogP contribution is -2.28. The van der Waals surface area contributed by atoms with E-state index in [1.165, 1.54) is 0 Å². The minimum atomic E-state index is 0.239. The molecule has 4 nitrogen and oxygen atoms in total. The number of benzene rings is 1. The molecule has 1 fully saturated rings. The van der Waals surface area contributed by atoms with Crippen LogP contribution in [0.1, 0.15) is 24.6 Å². The van der Waals surface area contributed by atoms with E-state index < -0.39 is 0 Å². The molecule has 3 rings (SSSR count). The smallest absolute Gasteiger partial charge is 0.167 e. The monoisotopic (exact) mass is 335 g/mol. The van der Waals surface area contributed by atoms with Crippen LogP contribution in [-0.4, -0.2) is 35.1 Å². The van der Waals surface area contributed by atoms with Gasteiger partial charge in [-0.25, -0.2) is 0 Å². The molecule has 1 aromatic heterocycles. The van der Waals surface area contributed by atoms with Gasteiger partial charge in [0.05, 0.1) is 6.04 Å². The van der Waals surface area contributed by atoms with Gasteiger partial charge >= 0.3 is 0 Å². The Kier molecular flexibility index (Phi) is 4.74. The normalized spacial score (nSPS) is 19.0. The van der Waals surface area contributed by atoms with Crippen molar-refractivity contribution < 1.29 is 4.52 Å². The van der Waals surface area contributed by atoms with Crippen molar-refractivity contribution in [2.24, 2.45) is 4.99 Å². The number of rotatable bonds is 2. The summed E-state index contributed by atoms with van der Waals surface area (Å²) >= 11 is 7.71. The van der Waals surface area contributed by atoms with Crippen LogP contribution in [0.3, 0.4) is 0 Å². The maximum absolute atomic E-state index is 6.04. The standard InChI is InChI=1S/C16H18ClN3OS/c1-18-16(22-2)20-8-4-7-14(20)13-10-15(21-19-13)11-5-3-6-12(17)9-11/h3,5-6,9-10,14H,4,7-8H2,1-2H3/t14-/m1/s1. The number of hydrogen-bond donors (Lipinski definition) is 0. The average molecular weight is 336 g/mol. The summed E-state index contributed by atoms with van der Waals surface area (Å²) < 4.78 is 5.53. The molecule has 6 heteroatoms. The van der Waals surface area contributed by atoms with Gasteiger partial charge in [0.1, 0.15) is 5.69 Å². The minimum absolute atomic E-state index is 0.239. The second-order valence-corrected chi connectivity index (χ2v) is 6.40. The van der Waals surface area contributed by atoms with Gasteiger partial charge in [-0.05, 0) is 31.2 Å². The van der Waals surface area contributed by atoms with E-state index in [4.69, 9.17) is 16.1 Å². The summed E-state index contributed by atoms with van der Waals surface area (Å²) in [5, 5.41) is 6.03. The van der Waals surface area contributed by atoms with Gasteiger partial charge in [0, 0.05) is 30.2 Å². The third kappa shape index (κ3) is 3.01. The number of hydrogen-bond acceptors (Lipinski definition) is 4. The van der Waals surface area contributed by atoms with E-state index in [0.717, 1.165) is 41.6 Å². The summed E-state index contributed by atoms with van der Waals surface area (Å²) in [6, 6.07) is 9.88. The van der Waals surface area contributed by atoms with Crippen molar-refractivity contribution in [3.63, 3.8) is 0 Å². The zero-order valence-electron chi connectivity index (χ0n) is 12.6. The number of halogens is 1. The van der Waals surface area contributed by atoms with Crippen molar-refractivity contribution in [3.05, 3.63) is 41.0 Å². The van der Waals surface area contributed by atoms with Gasteiger partial charge in [0.25, 0.3) is 0 Å². The van der Waals surface area contributed by atoms with Crippen molar-refractivity contribution in [1.29, 1.82) is 0 Å². The molecule has 1 aromatic carbocycles. The van der Waals surface area contributed by atoms with Gasteiger partial charge < -0.3 is 9.42 Å². The molecule has 0 spiro atoms. The molecule has 1 atom stereocenters. The highest BCUT2D eigenvalue weighted by atomic mass is 35.5. The van der Waals surface area contributed by atoms with Crippen LogP contribution in [-0.2, 0) is 0 Å². The molecule has 0 bridgehead atoms. The highest BCUT2D eigenvalue weighted by Crippen LogP contribution is 2.35. The molecule has 22 heavy (non-hydrogen) atoms. The zero-order chi connectivity index (χ0) is 15.5. The lowest BCUT2D eigenvalue weighted by atomic mass is 10.1. The van der Waals surface area contributed by atoms with Crippen LogP contribution in [0, 0.1) is 0 Å². The van der Waals surface area contributed by atoms with E-state index in [9.17, 15) is 0 Å². The van der Waals surface area contributed by atoms with E-state index in [1.807, 2.05) is 37.4 Å². The summed E-state index contributed by atoms with van der Waals surface area (Å²) in [5.74, 6) is 0.753. The van der Waals surface area contributed by atoms with Gasteiger partial charge in [0.15, 0.2) is 10.9 Å². The first kappa shape index (κ1) is 15.4. The van der Waals surface area contributed by atoms with Crippen molar-refractivity contribution in [2.45, 2.75) is 18.9 Å². The molecule has 0 saturated carbocycles. The molecular formula is C16H18ClN3OS. The summed E-state index contributed by atoms with van der Waals surface area (Å²) in [4.78, 5) is 6.68. The molecule has 0 N–H and O–H groups in total. The molecule has 1 saturated heterocycles. The van der Waals surface area contributed by atoms with Crippen LogP contribution in [0.15, 0.2) is 39.8 Å². The van der Waals surface area contributed by atoms with Gasteiger partial charge in [-0.1, -0.05) is 40.7 Å². The van der Waals surface area contributed by atoms with Crippen LogP contribution in [0.4, 0.5) is 0 Å². The highest BCUT2D eigenvalue weighted by molar-refractivity contribution is 8.13. The van der Waals surface area contributed by atoms with Crippen molar-refractivity contribution in [3.8, 4) is 11.3 Å². The molecule has 0 amide bonds. The Bertz CT molecular complexity index is 686. The van der Waals surface area contributed by atoms with Crippen LogP contribution in [0.25, 0.3) is 11.3 Å². The van der Waals surface area contributed by atoms with Gasteiger partial charge in [-0.15, -0.1) is 0 Å². The van der Waals surface area contributed by atoms with Crippen molar-refractivity contribution >= 4 is 28.5 Å². The number of nitrogens with zero attached hydrogens (tertiary/aromatic N) is 3. The number of amidine groups is 1. The quantitative estimate of drug-likeness (QED) is 0.599. The first-order chi connectivity index (χ1) is 10.7. The topological polar surface area (TPSA) is 41.6 Å². The highest BCUT2D eigenvalue weighted by Gasteiger charge is 2.30. The van der Waals surface area contributed by atoms with E-state index in [0.29, 0.717) is 5.02 Å². The summed E-state index contributed by atoms with van der Waals surface area (Å²) in [6.45, 7) is 1.01. The second kappa shape index (κ2) is 6.75. The predicted molar refractivity (Wildman–Crippen MR) is 92.5 cm³/mol. The lowest BCUT2D eigenvalue weighted by Gasteiger charge is -2.24. The third-order valence-electron chi connectivity index (χ3n) is 3.85. The first-order valence-corrected chi connectivity index (χ1v) is 8.83.